The van der Waals surface area contributed by atoms with Crippen LogP contribution in [0, 0.1) is 11.7 Å². The third-order valence-corrected chi connectivity index (χ3v) is 4.44. The molecule has 1 heterocycles. The second-order valence-corrected chi connectivity index (χ2v) is 5.99. The number of esters is 1. The van der Waals surface area contributed by atoms with Crippen LogP contribution in [-0.4, -0.2) is 43.1 Å². The molecule has 1 aliphatic carbocycles. The van der Waals surface area contributed by atoms with E-state index in [4.69, 9.17) is 9.47 Å². The molecule has 1 saturated carbocycles. The van der Waals surface area contributed by atoms with Crippen molar-refractivity contribution in [1.29, 1.82) is 0 Å². The van der Waals surface area contributed by atoms with Gasteiger partial charge in [-0.2, -0.15) is 0 Å². The Labute approximate surface area is 134 Å². The van der Waals surface area contributed by atoms with Crippen LogP contribution in [0.25, 0.3) is 0 Å². The molecule has 1 unspecified atom stereocenters. The Balaban J connectivity index is 1.52. The highest BCUT2D eigenvalue weighted by molar-refractivity contribution is 5.81. The van der Waals surface area contributed by atoms with Gasteiger partial charge in [-0.3, -0.25) is 9.59 Å². The van der Waals surface area contributed by atoms with Gasteiger partial charge >= 0.3 is 5.97 Å². The zero-order chi connectivity index (χ0) is 16.2. The van der Waals surface area contributed by atoms with E-state index in [9.17, 15) is 14.0 Å². The van der Waals surface area contributed by atoms with Crippen LogP contribution >= 0.6 is 0 Å². The van der Waals surface area contributed by atoms with Gasteiger partial charge in [-0.1, -0.05) is 18.6 Å². The highest BCUT2D eigenvalue weighted by atomic mass is 19.1. The van der Waals surface area contributed by atoms with Gasteiger partial charge in [-0.05, 0) is 30.5 Å². The van der Waals surface area contributed by atoms with E-state index in [2.05, 4.69) is 0 Å². The first-order valence-electron chi connectivity index (χ1n) is 7.95. The maximum Gasteiger partial charge on any atom is 0.309 e. The number of carbonyl (C=O) groups is 2. The first-order valence-corrected chi connectivity index (χ1v) is 7.95. The second kappa shape index (κ2) is 7.08. The fraction of sp³-hybridized carbons (Fsp3) is 0.529. The van der Waals surface area contributed by atoms with Crippen molar-refractivity contribution >= 4 is 11.9 Å². The van der Waals surface area contributed by atoms with E-state index in [-0.39, 0.29) is 36.3 Å². The molecule has 1 atom stereocenters. The lowest BCUT2D eigenvalue weighted by atomic mass is 9.86. The average Bonchev–Trinajstić information content (AvgIpc) is 2.52. The van der Waals surface area contributed by atoms with Crippen molar-refractivity contribution in [3.63, 3.8) is 0 Å². The molecule has 5 nitrogen and oxygen atoms in total. The summed E-state index contributed by atoms with van der Waals surface area (Å²) in [7, 11) is 0. The zero-order valence-corrected chi connectivity index (χ0v) is 12.9. The fourth-order valence-electron chi connectivity index (χ4n) is 2.74. The van der Waals surface area contributed by atoms with E-state index in [0.717, 1.165) is 24.8 Å². The monoisotopic (exact) mass is 321 g/mol. The molecular weight excluding hydrogens is 301 g/mol. The lowest BCUT2D eigenvalue weighted by Gasteiger charge is -2.33. The number of nitrogens with zero attached hydrogens (tertiary/aromatic N) is 1. The molecule has 0 radical (unpaired) electrons. The van der Waals surface area contributed by atoms with Crippen molar-refractivity contribution in [3.8, 4) is 0 Å². The maximum atomic E-state index is 13.0. The number of hydrogen-bond acceptors (Lipinski definition) is 4. The molecule has 0 bridgehead atoms. The van der Waals surface area contributed by atoms with Gasteiger partial charge < -0.3 is 14.4 Å². The summed E-state index contributed by atoms with van der Waals surface area (Å²) in [5.41, 5.74) is 0.829. The number of carbonyl (C=O) groups excluding carboxylic acids is 2. The molecule has 0 aromatic heterocycles. The Morgan fingerprint density at radius 3 is 2.65 bits per heavy atom. The Hall–Kier alpha value is -1.95. The minimum absolute atomic E-state index is 0.0283. The molecule has 2 aliphatic rings. The lowest BCUT2D eigenvalue weighted by Crippen LogP contribution is -2.44. The molecule has 2 fully saturated rings. The summed E-state index contributed by atoms with van der Waals surface area (Å²) in [6.45, 7) is 1.04. The summed E-state index contributed by atoms with van der Waals surface area (Å²) < 4.78 is 23.7. The minimum Gasteiger partial charge on any atom is -0.455 e. The molecule has 124 valence electrons. The van der Waals surface area contributed by atoms with Crippen LogP contribution in [0.2, 0.25) is 0 Å². The van der Waals surface area contributed by atoms with E-state index in [1.54, 1.807) is 17.0 Å². The number of benzene rings is 1. The zero-order valence-electron chi connectivity index (χ0n) is 12.9. The van der Waals surface area contributed by atoms with Crippen LogP contribution in [0.5, 0.6) is 0 Å². The van der Waals surface area contributed by atoms with Gasteiger partial charge in [-0.15, -0.1) is 0 Å². The van der Waals surface area contributed by atoms with E-state index >= 15 is 0 Å². The van der Waals surface area contributed by atoms with Gasteiger partial charge in [0.1, 0.15) is 11.9 Å². The van der Waals surface area contributed by atoms with Crippen LogP contribution in [0.4, 0.5) is 4.39 Å². The van der Waals surface area contributed by atoms with Gasteiger partial charge in [0.2, 0.25) is 0 Å². The van der Waals surface area contributed by atoms with Crippen LogP contribution in [0.15, 0.2) is 24.3 Å². The Morgan fingerprint density at radius 2 is 2.00 bits per heavy atom. The van der Waals surface area contributed by atoms with Crippen molar-refractivity contribution in [2.45, 2.75) is 25.4 Å². The summed E-state index contributed by atoms with van der Waals surface area (Å²) in [4.78, 5) is 25.5. The van der Waals surface area contributed by atoms with E-state index in [1.165, 1.54) is 12.1 Å². The van der Waals surface area contributed by atoms with Crippen molar-refractivity contribution in [2.24, 2.45) is 5.92 Å². The summed E-state index contributed by atoms with van der Waals surface area (Å²) >= 11 is 0. The third-order valence-electron chi connectivity index (χ3n) is 4.44. The summed E-state index contributed by atoms with van der Waals surface area (Å²) in [5.74, 6) is -0.819. The summed E-state index contributed by atoms with van der Waals surface area (Å²) in [6.07, 6.45) is 2.49. The average molecular weight is 321 g/mol. The molecule has 0 spiro atoms. The van der Waals surface area contributed by atoms with Gasteiger partial charge in [0.15, 0.2) is 6.61 Å². The van der Waals surface area contributed by atoms with Crippen LogP contribution in [-0.2, 0) is 19.1 Å². The Kier molecular flexibility index (Phi) is 4.91. The predicted molar refractivity (Wildman–Crippen MR) is 80.0 cm³/mol. The standard InChI is InChI=1S/C17H20FNO4/c18-14-6-4-12(5-7-14)15-10-19(8-9-22-15)16(20)11-23-17(21)13-2-1-3-13/h4-7,13,15H,1-3,8-11H2. The Morgan fingerprint density at radius 1 is 1.26 bits per heavy atom. The molecule has 0 N–H and O–H groups in total. The van der Waals surface area contributed by atoms with E-state index in [1.807, 2.05) is 0 Å². The smallest absolute Gasteiger partial charge is 0.309 e. The quantitative estimate of drug-likeness (QED) is 0.797. The van der Waals surface area contributed by atoms with Crippen LogP contribution < -0.4 is 0 Å². The molecule has 3 rings (SSSR count). The van der Waals surface area contributed by atoms with Crippen molar-refractivity contribution in [1.82, 2.24) is 4.90 Å². The summed E-state index contributed by atoms with van der Waals surface area (Å²) in [5, 5.41) is 0. The third kappa shape index (κ3) is 3.88. The normalized spacial score (nSPS) is 21.6. The number of ether oxygens (including phenoxy) is 2. The fourth-order valence-corrected chi connectivity index (χ4v) is 2.74. The molecule has 1 saturated heterocycles. The van der Waals surface area contributed by atoms with Crippen molar-refractivity contribution < 1.29 is 23.5 Å². The highest BCUT2D eigenvalue weighted by Crippen LogP contribution is 2.27. The largest absolute Gasteiger partial charge is 0.455 e. The minimum atomic E-state index is -0.305. The van der Waals surface area contributed by atoms with Gasteiger partial charge in [0.05, 0.1) is 19.1 Å². The Bertz CT molecular complexity index is 570. The van der Waals surface area contributed by atoms with Gasteiger partial charge in [-0.25, -0.2) is 4.39 Å². The van der Waals surface area contributed by atoms with E-state index in [0.29, 0.717) is 19.7 Å². The lowest BCUT2D eigenvalue weighted by molar-refractivity contribution is -0.160. The maximum absolute atomic E-state index is 13.0. The molecule has 1 aromatic rings. The number of halogens is 1. The first kappa shape index (κ1) is 15.9. The van der Waals surface area contributed by atoms with E-state index < -0.39 is 0 Å². The van der Waals surface area contributed by atoms with Crippen molar-refractivity contribution in [2.75, 3.05) is 26.3 Å². The number of morpholine rings is 1. The van der Waals surface area contributed by atoms with Gasteiger partial charge in [0.25, 0.3) is 5.91 Å². The van der Waals surface area contributed by atoms with Crippen LogP contribution in [0.1, 0.15) is 30.9 Å². The molecular formula is C17H20FNO4. The number of amides is 1. The number of rotatable bonds is 4. The predicted octanol–water partition coefficient (Wildman–Crippen LogP) is 2.07. The molecule has 1 amide bonds. The first-order chi connectivity index (χ1) is 11.1. The molecule has 1 aromatic carbocycles. The number of hydrogen-bond donors (Lipinski definition) is 0. The SMILES string of the molecule is O=C(OCC(=O)N1CCOC(c2ccc(F)cc2)C1)C1CCC1. The van der Waals surface area contributed by atoms with Crippen LogP contribution in [0.3, 0.4) is 0 Å². The molecule has 1 aliphatic heterocycles. The molecule has 6 heteroatoms. The summed E-state index contributed by atoms with van der Waals surface area (Å²) in [6, 6.07) is 6.06. The topological polar surface area (TPSA) is 55.8 Å². The van der Waals surface area contributed by atoms with Gasteiger partial charge in [0, 0.05) is 6.54 Å². The second-order valence-electron chi connectivity index (χ2n) is 5.99. The highest BCUT2D eigenvalue weighted by Gasteiger charge is 2.29. The van der Waals surface area contributed by atoms with Crippen molar-refractivity contribution in [3.05, 3.63) is 35.6 Å². The molecule has 23 heavy (non-hydrogen) atoms.